The van der Waals surface area contributed by atoms with Crippen LogP contribution < -0.4 is 0 Å². The molecule has 5 heteroatoms. The molecule has 1 aliphatic heterocycles. The lowest BCUT2D eigenvalue weighted by atomic mass is 9.59. The first-order valence-corrected chi connectivity index (χ1v) is 7.29. The molecule has 0 spiro atoms. The maximum atomic E-state index is 11.3. The van der Waals surface area contributed by atoms with E-state index in [9.17, 15) is 18.6 Å². The van der Waals surface area contributed by atoms with Gasteiger partial charge in [-0.2, -0.15) is 0 Å². The number of hydrogen-bond acceptors (Lipinski definition) is 4. The van der Waals surface area contributed by atoms with Gasteiger partial charge >= 0.3 is 0 Å². The van der Waals surface area contributed by atoms with Gasteiger partial charge in [-0.05, 0) is 32.1 Å². The third kappa shape index (κ3) is 1.70. The summed E-state index contributed by atoms with van der Waals surface area (Å²) in [6.45, 7) is -0.0982. The zero-order valence-electron chi connectivity index (χ0n) is 8.78. The van der Waals surface area contributed by atoms with E-state index in [1.165, 1.54) is 0 Å². The molecule has 2 aliphatic rings. The Bertz CT molecular complexity index is 328. The normalized spacial score (nSPS) is 31.9. The Morgan fingerprint density at radius 3 is 1.93 bits per heavy atom. The first-order chi connectivity index (χ1) is 6.93. The molecule has 1 heterocycles. The average molecular weight is 234 g/mol. The van der Waals surface area contributed by atoms with Crippen molar-refractivity contribution in [3.05, 3.63) is 0 Å². The molecule has 0 aromatic heterocycles. The smallest absolute Gasteiger partial charge is 0.150 e. The van der Waals surface area contributed by atoms with Gasteiger partial charge in [-0.25, -0.2) is 8.42 Å². The van der Waals surface area contributed by atoms with E-state index in [1.807, 2.05) is 0 Å². The molecule has 1 aliphatic carbocycles. The maximum Gasteiger partial charge on any atom is 0.150 e. The molecule has 0 bridgehead atoms. The molecule has 2 fully saturated rings. The molecular weight excluding hydrogens is 216 g/mol. The summed E-state index contributed by atoms with van der Waals surface area (Å²) in [5.41, 5.74) is -1.37. The molecule has 0 radical (unpaired) electrons. The van der Waals surface area contributed by atoms with Crippen LogP contribution >= 0.6 is 0 Å². The zero-order chi connectivity index (χ0) is 11.2. The van der Waals surface area contributed by atoms with Crippen LogP contribution in [0, 0.1) is 5.41 Å². The van der Waals surface area contributed by atoms with E-state index in [4.69, 9.17) is 0 Å². The topological polar surface area (TPSA) is 74.6 Å². The van der Waals surface area contributed by atoms with Crippen molar-refractivity contribution in [2.75, 3.05) is 18.1 Å². The fourth-order valence-electron chi connectivity index (χ4n) is 2.74. The molecule has 88 valence electrons. The summed E-state index contributed by atoms with van der Waals surface area (Å²) >= 11 is 0. The zero-order valence-corrected chi connectivity index (χ0v) is 9.59. The monoisotopic (exact) mass is 234 g/mol. The van der Waals surface area contributed by atoms with Crippen LogP contribution in [0.4, 0.5) is 0 Å². The molecule has 1 saturated carbocycles. The van der Waals surface area contributed by atoms with Crippen molar-refractivity contribution >= 4 is 9.84 Å². The van der Waals surface area contributed by atoms with Gasteiger partial charge in [-0.1, -0.05) is 0 Å². The summed E-state index contributed by atoms with van der Waals surface area (Å²) in [4.78, 5) is 0. The van der Waals surface area contributed by atoms with Crippen LogP contribution in [-0.4, -0.2) is 42.3 Å². The Morgan fingerprint density at radius 2 is 1.60 bits per heavy atom. The molecule has 0 amide bonds. The summed E-state index contributed by atoms with van der Waals surface area (Å²) in [5.74, 6) is 0.214. The van der Waals surface area contributed by atoms with Gasteiger partial charge in [-0.15, -0.1) is 0 Å². The summed E-state index contributed by atoms with van der Waals surface area (Å²) < 4.78 is 22.6. The number of hydrogen-bond donors (Lipinski definition) is 2. The van der Waals surface area contributed by atoms with E-state index in [1.54, 1.807) is 0 Å². The van der Waals surface area contributed by atoms with Gasteiger partial charge < -0.3 is 10.2 Å². The van der Waals surface area contributed by atoms with Crippen LogP contribution in [0.2, 0.25) is 0 Å². The van der Waals surface area contributed by atoms with Crippen molar-refractivity contribution < 1.29 is 18.6 Å². The minimum Gasteiger partial charge on any atom is -0.396 e. The molecule has 1 saturated heterocycles. The van der Waals surface area contributed by atoms with Crippen molar-refractivity contribution in [2.45, 2.75) is 37.7 Å². The van der Waals surface area contributed by atoms with Gasteiger partial charge in [0.15, 0.2) is 0 Å². The summed E-state index contributed by atoms with van der Waals surface area (Å²) in [6, 6.07) is 0. The lowest BCUT2D eigenvalue weighted by Crippen LogP contribution is -2.58. The summed E-state index contributed by atoms with van der Waals surface area (Å²) in [7, 11) is -2.93. The SMILES string of the molecule is O=S1(=O)CCC(CO)(C2(O)CCC2)CC1. The highest BCUT2D eigenvalue weighted by Gasteiger charge is 2.55. The molecule has 2 N–H and O–H groups in total. The Hall–Kier alpha value is -0.130. The Kier molecular flexibility index (Phi) is 2.60. The highest BCUT2D eigenvalue weighted by atomic mass is 32.2. The fourth-order valence-corrected chi connectivity index (χ4v) is 4.35. The van der Waals surface area contributed by atoms with E-state index < -0.39 is 20.9 Å². The summed E-state index contributed by atoms with van der Waals surface area (Å²) in [6.07, 6.45) is 3.19. The predicted molar refractivity (Wildman–Crippen MR) is 56.2 cm³/mol. The molecule has 0 aromatic rings. The van der Waals surface area contributed by atoms with Crippen molar-refractivity contribution in [1.82, 2.24) is 0 Å². The number of aliphatic hydroxyl groups is 2. The van der Waals surface area contributed by atoms with Crippen molar-refractivity contribution in [1.29, 1.82) is 0 Å². The van der Waals surface area contributed by atoms with Crippen molar-refractivity contribution in [2.24, 2.45) is 5.41 Å². The van der Waals surface area contributed by atoms with E-state index in [0.717, 1.165) is 6.42 Å². The van der Waals surface area contributed by atoms with Crippen LogP contribution in [0.1, 0.15) is 32.1 Å². The first kappa shape index (κ1) is 11.4. The third-order valence-electron chi connectivity index (χ3n) is 4.25. The molecular formula is C10H18O4S. The van der Waals surface area contributed by atoms with E-state index >= 15 is 0 Å². The van der Waals surface area contributed by atoms with Gasteiger partial charge in [0.1, 0.15) is 9.84 Å². The maximum absolute atomic E-state index is 11.3. The summed E-state index contributed by atoms with van der Waals surface area (Å²) in [5, 5.41) is 19.8. The van der Waals surface area contributed by atoms with Gasteiger partial charge in [0.05, 0.1) is 23.7 Å². The van der Waals surface area contributed by atoms with Gasteiger partial charge in [0.25, 0.3) is 0 Å². The quantitative estimate of drug-likeness (QED) is 0.710. The highest BCUT2D eigenvalue weighted by Crippen LogP contribution is 2.51. The van der Waals surface area contributed by atoms with Crippen molar-refractivity contribution in [3.8, 4) is 0 Å². The third-order valence-corrected chi connectivity index (χ3v) is 5.91. The van der Waals surface area contributed by atoms with Crippen LogP contribution in [0.3, 0.4) is 0 Å². The number of rotatable bonds is 2. The second kappa shape index (κ2) is 3.43. The lowest BCUT2D eigenvalue weighted by Gasteiger charge is -2.53. The van der Waals surface area contributed by atoms with Gasteiger partial charge in [0.2, 0.25) is 0 Å². The average Bonchev–Trinajstić information content (AvgIpc) is 2.15. The Labute approximate surface area is 90.2 Å². The highest BCUT2D eigenvalue weighted by molar-refractivity contribution is 7.91. The van der Waals surface area contributed by atoms with E-state index in [2.05, 4.69) is 0 Å². The van der Waals surface area contributed by atoms with E-state index in [0.29, 0.717) is 25.7 Å². The van der Waals surface area contributed by atoms with Gasteiger partial charge in [-0.3, -0.25) is 0 Å². The Balaban J connectivity index is 2.18. The molecule has 0 aromatic carbocycles. The second-order valence-corrected chi connectivity index (χ2v) is 7.28. The molecule has 15 heavy (non-hydrogen) atoms. The fraction of sp³-hybridized carbons (Fsp3) is 1.00. The van der Waals surface area contributed by atoms with E-state index in [-0.39, 0.29) is 18.1 Å². The van der Waals surface area contributed by atoms with Gasteiger partial charge in [0, 0.05) is 5.41 Å². The standard InChI is InChI=1S/C10H18O4S/c11-8-9(10(12)2-1-3-10)4-6-15(13,14)7-5-9/h11-12H,1-8H2. The molecule has 4 nitrogen and oxygen atoms in total. The molecule has 0 unspecified atom stereocenters. The first-order valence-electron chi connectivity index (χ1n) is 5.47. The van der Waals surface area contributed by atoms with Crippen molar-refractivity contribution in [3.63, 3.8) is 0 Å². The predicted octanol–water partition coefficient (Wildman–Crippen LogP) is 0.0887. The van der Waals surface area contributed by atoms with Crippen LogP contribution in [0.25, 0.3) is 0 Å². The largest absolute Gasteiger partial charge is 0.396 e. The second-order valence-electron chi connectivity index (χ2n) is 4.98. The van der Waals surface area contributed by atoms with Crippen LogP contribution in [-0.2, 0) is 9.84 Å². The minimum atomic E-state index is -2.93. The Morgan fingerprint density at radius 1 is 1.07 bits per heavy atom. The lowest BCUT2D eigenvalue weighted by molar-refractivity contribution is -0.162. The molecule has 0 atom stereocenters. The van der Waals surface area contributed by atoms with Crippen LogP contribution in [0.15, 0.2) is 0 Å². The minimum absolute atomic E-state index is 0.0982. The van der Waals surface area contributed by atoms with Crippen LogP contribution in [0.5, 0.6) is 0 Å². The number of aliphatic hydroxyl groups excluding tert-OH is 1. The molecule has 2 rings (SSSR count). The number of sulfone groups is 1.